The molecule has 0 amide bonds. The molecular formula is C24H17BrClNO2. The Morgan fingerprint density at radius 3 is 2.52 bits per heavy atom. The molecule has 0 bridgehead atoms. The summed E-state index contributed by atoms with van der Waals surface area (Å²) >= 11 is 9.71. The summed E-state index contributed by atoms with van der Waals surface area (Å²) in [5.41, 5.74) is 3.00. The van der Waals surface area contributed by atoms with Crippen molar-refractivity contribution in [2.75, 3.05) is 0 Å². The first-order valence-corrected chi connectivity index (χ1v) is 10.2. The normalized spacial score (nSPS) is 11.1. The van der Waals surface area contributed by atoms with Gasteiger partial charge >= 0.3 is 0 Å². The minimum atomic E-state index is 0.573. The largest absolute Gasteiger partial charge is 0.456 e. The number of hydrogen-bond acceptors (Lipinski definition) is 3. The molecule has 1 aromatic heterocycles. The number of ether oxygens (including phenoxy) is 1. The standard InChI is InChI=1S/C24H17BrClNO2/c1-16-6-12-20(21(25)14-16)23-13-11-19(29-23)15-27-17-7-9-18(10-8-17)28-24-5-3-2-4-22(24)26/h2-15H,1H3. The average Bonchev–Trinajstić information content (AvgIpc) is 3.18. The molecule has 3 aromatic carbocycles. The zero-order valence-electron chi connectivity index (χ0n) is 15.6. The van der Waals surface area contributed by atoms with E-state index in [1.54, 1.807) is 12.3 Å². The van der Waals surface area contributed by atoms with Crippen molar-refractivity contribution in [1.29, 1.82) is 0 Å². The molecule has 3 nitrogen and oxygen atoms in total. The van der Waals surface area contributed by atoms with Gasteiger partial charge in [-0.1, -0.05) is 45.7 Å². The molecule has 0 atom stereocenters. The first kappa shape index (κ1) is 19.5. The molecule has 5 heteroatoms. The lowest BCUT2D eigenvalue weighted by Gasteiger charge is -2.07. The minimum Gasteiger partial charge on any atom is -0.456 e. The summed E-state index contributed by atoms with van der Waals surface area (Å²) in [5, 5.41) is 0.573. The second-order valence-electron chi connectivity index (χ2n) is 6.47. The summed E-state index contributed by atoms with van der Waals surface area (Å²) in [7, 11) is 0. The summed E-state index contributed by atoms with van der Waals surface area (Å²) < 4.78 is 12.7. The smallest absolute Gasteiger partial charge is 0.146 e. The topological polar surface area (TPSA) is 34.7 Å². The first-order chi connectivity index (χ1) is 14.1. The van der Waals surface area contributed by atoms with Gasteiger partial charge in [-0.2, -0.15) is 0 Å². The van der Waals surface area contributed by atoms with Crippen molar-refractivity contribution in [3.05, 3.63) is 99.7 Å². The molecule has 29 heavy (non-hydrogen) atoms. The molecule has 1 heterocycles. The van der Waals surface area contributed by atoms with Gasteiger partial charge in [-0.25, -0.2) is 0 Å². The molecule has 0 spiro atoms. The molecule has 0 saturated heterocycles. The van der Waals surface area contributed by atoms with Crippen LogP contribution in [-0.2, 0) is 0 Å². The number of hydrogen-bond donors (Lipinski definition) is 0. The van der Waals surface area contributed by atoms with Crippen LogP contribution < -0.4 is 4.74 Å². The number of rotatable bonds is 5. The molecule has 4 aromatic rings. The van der Waals surface area contributed by atoms with E-state index in [1.165, 1.54) is 5.56 Å². The average molecular weight is 467 g/mol. The van der Waals surface area contributed by atoms with Crippen LogP contribution in [0.25, 0.3) is 11.3 Å². The van der Waals surface area contributed by atoms with Gasteiger partial charge in [0.2, 0.25) is 0 Å². The molecule has 0 N–H and O–H groups in total. The number of aliphatic imine (C=N–C) groups is 1. The highest BCUT2D eigenvalue weighted by Gasteiger charge is 2.08. The Labute approximate surface area is 182 Å². The minimum absolute atomic E-state index is 0.573. The van der Waals surface area contributed by atoms with Crippen molar-refractivity contribution in [2.45, 2.75) is 6.92 Å². The fourth-order valence-corrected chi connectivity index (χ4v) is 3.64. The lowest BCUT2D eigenvalue weighted by atomic mass is 10.1. The zero-order chi connectivity index (χ0) is 20.2. The Morgan fingerprint density at radius 1 is 0.966 bits per heavy atom. The molecule has 0 fully saturated rings. The molecule has 0 radical (unpaired) electrons. The van der Waals surface area contributed by atoms with E-state index >= 15 is 0 Å². The predicted octanol–water partition coefficient (Wildman–Crippen LogP) is 8.21. The molecule has 0 unspecified atom stereocenters. The third-order valence-electron chi connectivity index (χ3n) is 4.26. The molecule has 144 valence electrons. The van der Waals surface area contributed by atoms with Crippen LogP contribution in [0.3, 0.4) is 0 Å². The highest BCUT2D eigenvalue weighted by Crippen LogP contribution is 2.31. The number of halogens is 2. The van der Waals surface area contributed by atoms with Crippen LogP contribution in [0, 0.1) is 6.92 Å². The number of furan rings is 1. The van der Waals surface area contributed by atoms with E-state index in [0.29, 0.717) is 22.3 Å². The number of para-hydroxylation sites is 1. The van der Waals surface area contributed by atoms with Gasteiger partial charge in [0, 0.05) is 10.0 Å². The molecular weight excluding hydrogens is 450 g/mol. The van der Waals surface area contributed by atoms with E-state index in [2.05, 4.69) is 40.0 Å². The van der Waals surface area contributed by atoms with E-state index in [-0.39, 0.29) is 0 Å². The number of aryl methyl sites for hydroxylation is 1. The monoisotopic (exact) mass is 465 g/mol. The Balaban J connectivity index is 1.46. The van der Waals surface area contributed by atoms with Gasteiger partial charge in [-0.15, -0.1) is 0 Å². The number of nitrogens with zero attached hydrogens (tertiary/aromatic N) is 1. The van der Waals surface area contributed by atoms with Crippen LogP contribution >= 0.6 is 27.5 Å². The Hall–Kier alpha value is -2.82. The lowest BCUT2D eigenvalue weighted by Crippen LogP contribution is -1.84. The molecule has 0 saturated carbocycles. The van der Waals surface area contributed by atoms with Crippen LogP contribution in [-0.4, -0.2) is 6.21 Å². The fraction of sp³-hybridized carbons (Fsp3) is 0.0417. The molecule has 4 rings (SSSR count). The highest BCUT2D eigenvalue weighted by molar-refractivity contribution is 9.10. The first-order valence-electron chi connectivity index (χ1n) is 9.01. The van der Waals surface area contributed by atoms with Crippen LogP contribution in [0.5, 0.6) is 11.5 Å². The van der Waals surface area contributed by atoms with Gasteiger partial charge in [0.15, 0.2) is 0 Å². The van der Waals surface area contributed by atoms with Crippen LogP contribution in [0.4, 0.5) is 5.69 Å². The SMILES string of the molecule is Cc1ccc(-c2ccc(C=Nc3ccc(Oc4ccccc4Cl)cc3)o2)c(Br)c1. The number of benzene rings is 3. The van der Waals surface area contributed by atoms with Gasteiger partial charge in [-0.05, 0) is 73.2 Å². The van der Waals surface area contributed by atoms with Gasteiger partial charge in [0.05, 0.1) is 16.9 Å². The van der Waals surface area contributed by atoms with Crippen LogP contribution in [0.2, 0.25) is 5.02 Å². The third-order valence-corrected chi connectivity index (χ3v) is 5.23. The van der Waals surface area contributed by atoms with E-state index in [1.807, 2.05) is 60.7 Å². The summed E-state index contributed by atoms with van der Waals surface area (Å²) in [6.07, 6.45) is 1.70. The van der Waals surface area contributed by atoms with Gasteiger partial charge in [-0.3, -0.25) is 4.99 Å². The van der Waals surface area contributed by atoms with E-state index in [9.17, 15) is 0 Å². The van der Waals surface area contributed by atoms with Crippen molar-refractivity contribution < 1.29 is 9.15 Å². The maximum Gasteiger partial charge on any atom is 0.146 e. The van der Waals surface area contributed by atoms with Crippen molar-refractivity contribution >= 4 is 39.4 Å². The van der Waals surface area contributed by atoms with Gasteiger partial charge < -0.3 is 9.15 Å². The van der Waals surface area contributed by atoms with Gasteiger partial charge in [0.25, 0.3) is 0 Å². The fourth-order valence-electron chi connectivity index (χ4n) is 2.78. The van der Waals surface area contributed by atoms with Crippen molar-refractivity contribution in [3.8, 4) is 22.8 Å². The van der Waals surface area contributed by atoms with Crippen molar-refractivity contribution in [2.24, 2.45) is 4.99 Å². The third kappa shape index (κ3) is 4.78. The maximum atomic E-state index is 6.12. The summed E-state index contributed by atoms with van der Waals surface area (Å²) in [6, 6.07) is 24.8. The highest BCUT2D eigenvalue weighted by atomic mass is 79.9. The summed E-state index contributed by atoms with van der Waals surface area (Å²) in [4.78, 5) is 4.47. The van der Waals surface area contributed by atoms with E-state index in [4.69, 9.17) is 20.8 Å². The molecule has 0 aliphatic heterocycles. The maximum absolute atomic E-state index is 6.12. The quantitative estimate of drug-likeness (QED) is 0.278. The van der Waals surface area contributed by atoms with E-state index in [0.717, 1.165) is 21.5 Å². The van der Waals surface area contributed by atoms with Crippen molar-refractivity contribution in [1.82, 2.24) is 0 Å². The second kappa shape index (κ2) is 8.68. The molecule has 0 aliphatic rings. The Kier molecular flexibility index (Phi) is 5.84. The predicted molar refractivity (Wildman–Crippen MR) is 122 cm³/mol. The van der Waals surface area contributed by atoms with E-state index < -0.39 is 0 Å². The van der Waals surface area contributed by atoms with Crippen LogP contribution in [0.1, 0.15) is 11.3 Å². The summed E-state index contributed by atoms with van der Waals surface area (Å²) in [6.45, 7) is 2.06. The Morgan fingerprint density at radius 2 is 1.76 bits per heavy atom. The molecule has 0 aliphatic carbocycles. The lowest BCUT2D eigenvalue weighted by molar-refractivity contribution is 0.483. The summed E-state index contributed by atoms with van der Waals surface area (Å²) in [5.74, 6) is 2.79. The van der Waals surface area contributed by atoms with Gasteiger partial charge in [0.1, 0.15) is 23.0 Å². The van der Waals surface area contributed by atoms with Crippen LogP contribution in [0.15, 0.2) is 92.7 Å². The zero-order valence-corrected chi connectivity index (χ0v) is 17.9. The second-order valence-corrected chi connectivity index (χ2v) is 7.73. The Bertz CT molecular complexity index is 1170. The van der Waals surface area contributed by atoms with Crippen molar-refractivity contribution in [3.63, 3.8) is 0 Å².